The lowest BCUT2D eigenvalue weighted by molar-refractivity contribution is 0.0526. The van der Waals surface area contributed by atoms with Crippen molar-refractivity contribution < 1.29 is 29.6 Å². The maximum Gasteiger partial charge on any atom is 0.338 e. The smallest absolute Gasteiger partial charge is 0.338 e. The molecule has 0 aliphatic carbocycles. The summed E-state index contributed by atoms with van der Waals surface area (Å²) in [5.74, 6) is -3.16. The molecule has 7 heteroatoms. The van der Waals surface area contributed by atoms with E-state index in [2.05, 4.69) is 5.32 Å². The van der Waals surface area contributed by atoms with E-state index in [1.807, 2.05) is 0 Å². The van der Waals surface area contributed by atoms with Gasteiger partial charge in [0.1, 0.15) is 0 Å². The van der Waals surface area contributed by atoms with Gasteiger partial charge in [0.15, 0.2) is 11.5 Å². The van der Waals surface area contributed by atoms with Gasteiger partial charge in [-0.2, -0.15) is 0 Å². The summed E-state index contributed by atoms with van der Waals surface area (Å²) in [4.78, 5) is 23.6. The van der Waals surface area contributed by atoms with E-state index in [0.29, 0.717) is 11.3 Å². The fraction of sp³-hybridized carbons (Fsp3) is 0.125. The van der Waals surface area contributed by atoms with Crippen LogP contribution in [0.3, 0.4) is 0 Å². The number of esters is 1. The summed E-state index contributed by atoms with van der Waals surface area (Å²) in [6.07, 6.45) is 0. The molecule has 1 amide bonds. The second kappa shape index (κ2) is 6.69. The highest BCUT2D eigenvalue weighted by atomic mass is 16.5. The van der Waals surface area contributed by atoms with E-state index in [-0.39, 0.29) is 12.2 Å². The molecule has 7 nitrogen and oxygen atoms in total. The van der Waals surface area contributed by atoms with E-state index >= 15 is 0 Å². The van der Waals surface area contributed by atoms with Crippen molar-refractivity contribution in [1.29, 1.82) is 0 Å². The Labute approximate surface area is 131 Å². The largest absolute Gasteiger partial charge is 0.504 e. The van der Waals surface area contributed by atoms with Crippen molar-refractivity contribution in [2.45, 2.75) is 6.92 Å². The van der Waals surface area contributed by atoms with Gasteiger partial charge < -0.3 is 25.4 Å². The Morgan fingerprint density at radius 3 is 2.26 bits per heavy atom. The van der Waals surface area contributed by atoms with Crippen LogP contribution in [0.15, 0.2) is 36.4 Å². The van der Waals surface area contributed by atoms with Gasteiger partial charge in [-0.15, -0.1) is 0 Å². The number of rotatable bonds is 4. The highest BCUT2D eigenvalue weighted by Crippen LogP contribution is 2.37. The number of ether oxygens (including phenoxy) is 1. The average Bonchev–Trinajstić information content (AvgIpc) is 2.53. The minimum atomic E-state index is -0.768. The molecule has 0 aliphatic heterocycles. The molecular formula is C16H15NO6. The van der Waals surface area contributed by atoms with E-state index < -0.39 is 29.1 Å². The Bertz CT molecular complexity index is 739. The monoisotopic (exact) mass is 317 g/mol. The fourth-order valence-corrected chi connectivity index (χ4v) is 1.85. The van der Waals surface area contributed by atoms with Crippen LogP contribution >= 0.6 is 0 Å². The lowest BCUT2D eigenvalue weighted by Gasteiger charge is -2.09. The van der Waals surface area contributed by atoms with E-state index in [0.717, 1.165) is 6.07 Å². The molecule has 0 spiro atoms. The van der Waals surface area contributed by atoms with Gasteiger partial charge in [-0.25, -0.2) is 4.79 Å². The van der Waals surface area contributed by atoms with Crippen molar-refractivity contribution >= 4 is 17.6 Å². The summed E-state index contributed by atoms with van der Waals surface area (Å²) in [5.41, 5.74) is 0.528. The Balaban J connectivity index is 2.15. The minimum absolute atomic E-state index is 0.199. The second-order valence-corrected chi connectivity index (χ2v) is 4.58. The number of hydrogen-bond donors (Lipinski definition) is 4. The quantitative estimate of drug-likeness (QED) is 0.507. The predicted octanol–water partition coefficient (Wildman–Crippen LogP) is 2.23. The van der Waals surface area contributed by atoms with Crippen LogP contribution in [0, 0.1) is 0 Å². The molecule has 0 saturated carbocycles. The molecule has 120 valence electrons. The summed E-state index contributed by atoms with van der Waals surface area (Å²) in [5, 5.41) is 30.8. The number of benzene rings is 2. The zero-order valence-electron chi connectivity index (χ0n) is 12.2. The van der Waals surface area contributed by atoms with Crippen LogP contribution in [-0.4, -0.2) is 33.8 Å². The molecule has 2 aromatic rings. The first-order valence-corrected chi connectivity index (χ1v) is 6.76. The van der Waals surface area contributed by atoms with Gasteiger partial charge in [0.25, 0.3) is 5.91 Å². The molecule has 0 bridgehead atoms. The number of carbonyl (C=O) groups excluding carboxylic acids is 2. The SMILES string of the molecule is CCOC(=O)c1ccc(NC(=O)c2ccc(O)c(O)c2O)cc1. The van der Waals surface area contributed by atoms with Crippen molar-refractivity contribution in [3.63, 3.8) is 0 Å². The van der Waals surface area contributed by atoms with Crippen LogP contribution < -0.4 is 5.32 Å². The first-order chi connectivity index (χ1) is 10.9. The molecular weight excluding hydrogens is 302 g/mol. The Morgan fingerprint density at radius 1 is 1.00 bits per heavy atom. The summed E-state index contributed by atoms with van der Waals surface area (Å²) in [6.45, 7) is 1.97. The molecule has 2 rings (SSSR count). The van der Waals surface area contributed by atoms with E-state index in [1.54, 1.807) is 6.92 Å². The Hall–Kier alpha value is -3.22. The molecule has 0 atom stereocenters. The van der Waals surface area contributed by atoms with Crippen molar-refractivity contribution in [2.75, 3.05) is 11.9 Å². The zero-order valence-corrected chi connectivity index (χ0v) is 12.2. The van der Waals surface area contributed by atoms with Crippen LogP contribution in [0.1, 0.15) is 27.6 Å². The molecule has 4 N–H and O–H groups in total. The van der Waals surface area contributed by atoms with Gasteiger partial charge in [0, 0.05) is 5.69 Å². The van der Waals surface area contributed by atoms with E-state index in [4.69, 9.17) is 4.74 Å². The number of hydrogen-bond acceptors (Lipinski definition) is 6. The standard InChI is InChI=1S/C16H15NO6/c1-2-23-16(22)9-3-5-10(6-4-9)17-15(21)11-7-8-12(18)14(20)13(11)19/h3-8,18-20H,2H2,1H3,(H,17,21). The molecule has 0 radical (unpaired) electrons. The summed E-state index contributed by atoms with van der Waals surface area (Å²) in [6, 6.07) is 8.24. The first-order valence-electron chi connectivity index (χ1n) is 6.76. The lowest BCUT2D eigenvalue weighted by atomic mass is 10.1. The van der Waals surface area contributed by atoms with E-state index in [1.165, 1.54) is 30.3 Å². The van der Waals surface area contributed by atoms with Crippen molar-refractivity contribution in [3.05, 3.63) is 47.5 Å². The van der Waals surface area contributed by atoms with Crippen LogP contribution in [0.5, 0.6) is 17.2 Å². The van der Waals surface area contributed by atoms with Crippen LogP contribution in [-0.2, 0) is 4.74 Å². The van der Waals surface area contributed by atoms with Gasteiger partial charge in [-0.3, -0.25) is 4.79 Å². The second-order valence-electron chi connectivity index (χ2n) is 4.58. The fourth-order valence-electron chi connectivity index (χ4n) is 1.85. The highest BCUT2D eigenvalue weighted by Gasteiger charge is 2.17. The zero-order chi connectivity index (χ0) is 17.0. The van der Waals surface area contributed by atoms with Crippen molar-refractivity contribution in [3.8, 4) is 17.2 Å². The maximum absolute atomic E-state index is 12.1. The van der Waals surface area contributed by atoms with Gasteiger partial charge in [0.2, 0.25) is 5.75 Å². The van der Waals surface area contributed by atoms with E-state index in [9.17, 15) is 24.9 Å². The van der Waals surface area contributed by atoms with Crippen molar-refractivity contribution in [2.24, 2.45) is 0 Å². The Morgan fingerprint density at radius 2 is 1.65 bits per heavy atom. The Kier molecular flexibility index (Phi) is 4.70. The molecule has 0 saturated heterocycles. The molecule has 0 unspecified atom stereocenters. The third kappa shape index (κ3) is 3.52. The lowest BCUT2D eigenvalue weighted by Crippen LogP contribution is -2.12. The summed E-state index contributed by atoms with van der Waals surface area (Å²) >= 11 is 0. The maximum atomic E-state index is 12.1. The summed E-state index contributed by atoms with van der Waals surface area (Å²) < 4.78 is 4.85. The molecule has 0 aromatic heterocycles. The number of aromatic hydroxyl groups is 3. The molecule has 0 fully saturated rings. The number of carbonyl (C=O) groups is 2. The van der Waals surface area contributed by atoms with Crippen LogP contribution in [0.2, 0.25) is 0 Å². The third-order valence-electron chi connectivity index (χ3n) is 3.03. The van der Waals surface area contributed by atoms with Crippen LogP contribution in [0.25, 0.3) is 0 Å². The minimum Gasteiger partial charge on any atom is -0.504 e. The topological polar surface area (TPSA) is 116 Å². The van der Waals surface area contributed by atoms with Gasteiger partial charge >= 0.3 is 5.97 Å². The van der Waals surface area contributed by atoms with Gasteiger partial charge in [0.05, 0.1) is 17.7 Å². The molecule has 23 heavy (non-hydrogen) atoms. The normalized spacial score (nSPS) is 10.1. The number of nitrogens with one attached hydrogen (secondary N) is 1. The third-order valence-corrected chi connectivity index (χ3v) is 3.03. The summed E-state index contributed by atoms with van der Waals surface area (Å²) in [7, 11) is 0. The highest BCUT2D eigenvalue weighted by molar-refractivity contribution is 6.07. The van der Waals surface area contributed by atoms with Crippen molar-refractivity contribution in [1.82, 2.24) is 0 Å². The average molecular weight is 317 g/mol. The first kappa shape index (κ1) is 16.2. The van der Waals surface area contributed by atoms with Crippen LogP contribution in [0.4, 0.5) is 5.69 Å². The molecule has 0 aliphatic rings. The van der Waals surface area contributed by atoms with Gasteiger partial charge in [-0.1, -0.05) is 0 Å². The molecule has 0 heterocycles. The molecule has 2 aromatic carbocycles. The number of phenols is 3. The number of phenolic OH excluding ortho intramolecular Hbond substituents is 3. The predicted molar refractivity (Wildman–Crippen MR) is 81.8 cm³/mol. The van der Waals surface area contributed by atoms with Gasteiger partial charge in [-0.05, 0) is 43.3 Å². The number of anilines is 1. The number of amides is 1.